The van der Waals surface area contributed by atoms with E-state index in [1.54, 1.807) is 19.9 Å². The van der Waals surface area contributed by atoms with E-state index in [4.69, 9.17) is 14.8 Å². The van der Waals surface area contributed by atoms with Gasteiger partial charge < -0.3 is 14.8 Å². The first-order valence-corrected chi connectivity index (χ1v) is 7.36. The number of carbonyl (C=O) groups is 1. The van der Waals surface area contributed by atoms with Crippen molar-refractivity contribution in [3.63, 3.8) is 0 Å². The summed E-state index contributed by atoms with van der Waals surface area (Å²) in [5.74, 6) is -0.625. The first kappa shape index (κ1) is 14.8. The first-order chi connectivity index (χ1) is 8.50. The van der Waals surface area contributed by atoms with Crippen LogP contribution in [0.1, 0.15) is 29.9 Å². The minimum Gasteiger partial charge on any atom is -0.364 e. The molecule has 7 heteroatoms. The second kappa shape index (κ2) is 6.64. The van der Waals surface area contributed by atoms with E-state index in [1.807, 2.05) is 0 Å². The van der Waals surface area contributed by atoms with Crippen LogP contribution < -0.4 is 5.73 Å². The number of amides is 1. The number of hydrogen-bond acceptors (Lipinski definition) is 5. The largest absolute Gasteiger partial charge is 0.364 e. The molecule has 0 saturated heterocycles. The molecule has 1 aromatic rings. The molecule has 0 unspecified atom stereocenters. The highest BCUT2D eigenvalue weighted by molar-refractivity contribution is 7.53. The fourth-order valence-electron chi connectivity index (χ4n) is 1.45. The van der Waals surface area contributed by atoms with Gasteiger partial charge in [0.1, 0.15) is 5.69 Å². The van der Waals surface area contributed by atoms with Crippen molar-refractivity contribution in [1.82, 2.24) is 4.98 Å². The maximum Gasteiger partial charge on any atom is 0.335 e. The molecule has 0 aliphatic carbocycles. The van der Waals surface area contributed by atoms with Crippen LogP contribution in [-0.4, -0.2) is 24.1 Å². The lowest BCUT2D eigenvalue weighted by molar-refractivity contribution is 0.0995. The topological polar surface area (TPSA) is 91.5 Å². The molecule has 1 aromatic heterocycles. The average Bonchev–Trinajstić information content (AvgIpc) is 2.29. The minimum atomic E-state index is -3.17. The molecule has 0 radical (unpaired) electrons. The van der Waals surface area contributed by atoms with Crippen LogP contribution in [0.5, 0.6) is 0 Å². The molecular weight excluding hydrogens is 255 g/mol. The van der Waals surface area contributed by atoms with Crippen molar-refractivity contribution in [3.05, 3.63) is 29.6 Å². The number of primary amides is 1. The molecule has 0 aromatic carbocycles. The number of nitrogens with two attached hydrogens (primary N) is 1. The summed E-state index contributed by atoms with van der Waals surface area (Å²) in [5, 5.41) is 0. The van der Waals surface area contributed by atoms with Crippen molar-refractivity contribution >= 4 is 13.5 Å². The number of carbonyl (C=O) groups excluding carboxylic acids is 1. The predicted molar refractivity (Wildman–Crippen MR) is 67.3 cm³/mol. The molecule has 2 N–H and O–H groups in total. The molecule has 0 bridgehead atoms. The molecule has 18 heavy (non-hydrogen) atoms. The Labute approximate surface area is 106 Å². The zero-order valence-electron chi connectivity index (χ0n) is 10.5. The van der Waals surface area contributed by atoms with Crippen LogP contribution in [-0.2, 0) is 19.8 Å². The van der Waals surface area contributed by atoms with Crippen LogP contribution in [0, 0.1) is 0 Å². The van der Waals surface area contributed by atoms with Crippen LogP contribution in [0.25, 0.3) is 0 Å². The van der Waals surface area contributed by atoms with Crippen molar-refractivity contribution in [1.29, 1.82) is 0 Å². The van der Waals surface area contributed by atoms with Gasteiger partial charge in [-0.3, -0.25) is 14.3 Å². The van der Waals surface area contributed by atoms with Crippen molar-refractivity contribution < 1.29 is 18.4 Å². The Hall–Kier alpha value is -1.23. The van der Waals surface area contributed by atoms with E-state index >= 15 is 0 Å². The van der Waals surface area contributed by atoms with Crippen LogP contribution in [0.2, 0.25) is 0 Å². The van der Waals surface area contributed by atoms with Gasteiger partial charge in [-0.1, -0.05) is 0 Å². The number of rotatable bonds is 7. The van der Waals surface area contributed by atoms with Crippen molar-refractivity contribution in [2.45, 2.75) is 20.0 Å². The molecule has 6 nitrogen and oxygen atoms in total. The SMILES string of the molecule is CCOP(=O)(Cc1ccnc(C(N)=O)c1)OCC. The van der Waals surface area contributed by atoms with Crippen LogP contribution in [0.15, 0.2) is 18.3 Å². The Morgan fingerprint density at radius 1 is 1.39 bits per heavy atom. The molecule has 0 aliphatic rings. The summed E-state index contributed by atoms with van der Waals surface area (Å²) < 4.78 is 22.6. The lowest BCUT2D eigenvalue weighted by atomic mass is 10.2. The second-order valence-electron chi connectivity index (χ2n) is 3.52. The number of hydrogen-bond donors (Lipinski definition) is 1. The van der Waals surface area contributed by atoms with Crippen LogP contribution in [0.4, 0.5) is 0 Å². The van der Waals surface area contributed by atoms with Crippen LogP contribution >= 0.6 is 7.60 Å². The summed E-state index contributed by atoms with van der Waals surface area (Å²) in [6.07, 6.45) is 1.54. The van der Waals surface area contributed by atoms with E-state index in [-0.39, 0.29) is 11.9 Å². The second-order valence-corrected chi connectivity index (χ2v) is 5.57. The third-order valence-corrected chi connectivity index (χ3v) is 4.16. The lowest BCUT2D eigenvalue weighted by Crippen LogP contribution is -2.13. The summed E-state index contributed by atoms with van der Waals surface area (Å²) in [6, 6.07) is 3.14. The molecule has 0 fully saturated rings. The Bertz CT molecular complexity index is 454. The smallest absolute Gasteiger partial charge is 0.335 e. The molecule has 1 rings (SSSR count). The van der Waals surface area contributed by atoms with Crippen molar-refractivity contribution in [2.75, 3.05) is 13.2 Å². The van der Waals surface area contributed by atoms with Gasteiger partial charge in [-0.2, -0.15) is 0 Å². The number of aromatic nitrogens is 1. The van der Waals surface area contributed by atoms with Gasteiger partial charge in [-0.15, -0.1) is 0 Å². The number of pyridine rings is 1. The third-order valence-electron chi connectivity index (χ3n) is 2.10. The van der Waals surface area contributed by atoms with E-state index in [0.717, 1.165) is 0 Å². The van der Waals surface area contributed by atoms with Gasteiger partial charge >= 0.3 is 7.60 Å². The Morgan fingerprint density at radius 3 is 2.50 bits per heavy atom. The van der Waals surface area contributed by atoms with Crippen LogP contribution in [0.3, 0.4) is 0 Å². The predicted octanol–water partition coefficient (Wildman–Crippen LogP) is 1.95. The third kappa shape index (κ3) is 4.22. The zero-order chi connectivity index (χ0) is 13.6. The van der Waals surface area contributed by atoms with Gasteiger partial charge in [0.05, 0.1) is 19.4 Å². The van der Waals surface area contributed by atoms with E-state index in [1.165, 1.54) is 12.3 Å². The molecular formula is C11H17N2O4P. The highest BCUT2D eigenvalue weighted by Gasteiger charge is 2.24. The first-order valence-electron chi connectivity index (χ1n) is 5.63. The Kier molecular flexibility index (Phi) is 5.47. The van der Waals surface area contributed by atoms with E-state index in [0.29, 0.717) is 18.8 Å². The van der Waals surface area contributed by atoms with Crippen molar-refractivity contribution in [2.24, 2.45) is 5.73 Å². The Morgan fingerprint density at radius 2 is 2.00 bits per heavy atom. The molecule has 0 saturated carbocycles. The molecule has 100 valence electrons. The maximum absolute atomic E-state index is 12.3. The number of nitrogens with zero attached hydrogens (tertiary/aromatic N) is 1. The average molecular weight is 272 g/mol. The monoisotopic (exact) mass is 272 g/mol. The fourth-order valence-corrected chi connectivity index (χ4v) is 3.14. The molecule has 0 aliphatic heterocycles. The fraction of sp³-hybridized carbons (Fsp3) is 0.455. The highest BCUT2D eigenvalue weighted by Crippen LogP contribution is 2.51. The van der Waals surface area contributed by atoms with Gasteiger partial charge in [-0.25, -0.2) is 0 Å². The highest BCUT2D eigenvalue weighted by atomic mass is 31.2. The summed E-state index contributed by atoms with van der Waals surface area (Å²) >= 11 is 0. The van der Waals surface area contributed by atoms with Gasteiger partial charge in [0.2, 0.25) is 0 Å². The molecule has 0 spiro atoms. The maximum atomic E-state index is 12.3. The molecule has 1 amide bonds. The zero-order valence-corrected chi connectivity index (χ0v) is 11.4. The van der Waals surface area contributed by atoms with Gasteiger partial charge in [0.25, 0.3) is 5.91 Å². The van der Waals surface area contributed by atoms with E-state index in [2.05, 4.69) is 4.98 Å². The normalized spacial score (nSPS) is 11.4. The summed E-state index contributed by atoms with van der Waals surface area (Å²) in [5.41, 5.74) is 5.90. The Balaban J connectivity index is 2.90. The van der Waals surface area contributed by atoms with E-state index < -0.39 is 13.5 Å². The molecule has 1 heterocycles. The minimum absolute atomic E-state index is 0.0947. The standard InChI is InChI=1S/C11H17N2O4P/c1-3-16-18(15,17-4-2)8-9-5-6-13-10(7-9)11(12)14/h5-7H,3-4,8H2,1-2H3,(H2,12,14). The van der Waals surface area contributed by atoms with Crippen molar-refractivity contribution in [3.8, 4) is 0 Å². The van der Waals surface area contributed by atoms with Gasteiger partial charge in [-0.05, 0) is 31.5 Å². The lowest BCUT2D eigenvalue weighted by Gasteiger charge is -2.16. The summed E-state index contributed by atoms with van der Waals surface area (Å²) in [4.78, 5) is 14.8. The van der Waals surface area contributed by atoms with Gasteiger partial charge in [0, 0.05) is 6.20 Å². The quantitative estimate of drug-likeness (QED) is 0.766. The summed E-state index contributed by atoms with van der Waals surface area (Å²) in [7, 11) is -3.17. The van der Waals surface area contributed by atoms with E-state index in [9.17, 15) is 9.36 Å². The molecule has 0 atom stereocenters. The van der Waals surface area contributed by atoms with Gasteiger partial charge in [0.15, 0.2) is 0 Å². The summed E-state index contributed by atoms with van der Waals surface area (Å²) in [6.45, 7) is 4.08.